The predicted molar refractivity (Wildman–Crippen MR) is 93.1 cm³/mol. The fourth-order valence-corrected chi connectivity index (χ4v) is 3.69. The zero-order chi connectivity index (χ0) is 19.1. The fourth-order valence-electron chi connectivity index (χ4n) is 3.69. The molecule has 148 valence electrons. The van der Waals surface area contributed by atoms with Crippen molar-refractivity contribution in [3.8, 4) is 0 Å². The third kappa shape index (κ3) is 4.72. The first-order chi connectivity index (χ1) is 12.5. The summed E-state index contributed by atoms with van der Waals surface area (Å²) >= 11 is 0. The molecule has 9 heteroatoms. The number of hydrogen-bond donors (Lipinski definition) is 4. The lowest BCUT2D eigenvalue weighted by Gasteiger charge is -2.34. The quantitative estimate of drug-likeness (QED) is 0.340. The number of hydroxylamine groups is 1. The Balaban J connectivity index is 2.11. The lowest BCUT2D eigenvalue weighted by Crippen LogP contribution is -2.55. The van der Waals surface area contributed by atoms with Gasteiger partial charge in [-0.25, -0.2) is 5.48 Å². The van der Waals surface area contributed by atoms with Crippen LogP contribution in [0.5, 0.6) is 0 Å². The molecule has 0 bridgehead atoms. The molecule has 2 fully saturated rings. The summed E-state index contributed by atoms with van der Waals surface area (Å²) in [5, 5.41) is 22.2. The minimum atomic E-state index is -1.63. The van der Waals surface area contributed by atoms with Gasteiger partial charge in [0.2, 0.25) is 11.8 Å². The number of amides is 3. The van der Waals surface area contributed by atoms with Crippen LogP contribution in [0.25, 0.3) is 0 Å². The standard InChI is InChI=1S/C17H30N4O5/c1-2-3-5-12(14(22)15(23)19-26)16(24)21-9-4-6-13(21)17(25)20-10-7-18-8-11-20/h12-14,18,22,26H,2-11H2,1H3,(H,19,23)/t12?,13-,14?/m0/s1. The van der Waals surface area contributed by atoms with Crippen LogP contribution in [0.2, 0.25) is 0 Å². The van der Waals surface area contributed by atoms with Gasteiger partial charge in [-0.1, -0.05) is 19.8 Å². The molecule has 2 saturated heterocycles. The van der Waals surface area contributed by atoms with Crippen molar-refractivity contribution in [3.63, 3.8) is 0 Å². The maximum absolute atomic E-state index is 13.0. The van der Waals surface area contributed by atoms with E-state index >= 15 is 0 Å². The Morgan fingerprint density at radius 3 is 2.54 bits per heavy atom. The summed E-state index contributed by atoms with van der Waals surface area (Å²) in [6.45, 7) is 5.10. The van der Waals surface area contributed by atoms with E-state index in [2.05, 4.69) is 5.32 Å². The van der Waals surface area contributed by atoms with Gasteiger partial charge < -0.3 is 20.2 Å². The van der Waals surface area contributed by atoms with Crippen molar-refractivity contribution in [3.05, 3.63) is 0 Å². The highest BCUT2D eigenvalue weighted by atomic mass is 16.5. The number of hydrogen-bond acceptors (Lipinski definition) is 6. The van der Waals surface area contributed by atoms with Gasteiger partial charge in [-0.05, 0) is 19.3 Å². The van der Waals surface area contributed by atoms with E-state index in [1.54, 1.807) is 4.90 Å². The molecule has 0 spiro atoms. The number of piperazine rings is 1. The number of nitrogens with zero attached hydrogens (tertiary/aromatic N) is 2. The van der Waals surface area contributed by atoms with Crippen LogP contribution in [0.1, 0.15) is 39.0 Å². The van der Waals surface area contributed by atoms with Crippen molar-refractivity contribution in [1.82, 2.24) is 20.6 Å². The topological polar surface area (TPSA) is 122 Å². The first kappa shape index (κ1) is 20.6. The van der Waals surface area contributed by atoms with E-state index < -0.39 is 24.0 Å². The van der Waals surface area contributed by atoms with Gasteiger partial charge in [-0.15, -0.1) is 0 Å². The van der Waals surface area contributed by atoms with Crippen LogP contribution in [-0.2, 0) is 14.4 Å². The lowest BCUT2D eigenvalue weighted by molar-refractivity contribution is -0.154. The lowest BCUT2D eigenvalue weighted by atomic mass is 9.93. The Morgan fingerprint density at radius 1 is 1.23 bits per heavy atom. The summed E-state index contributed by atoms with van der Waals surface area (Å²) in [5.74, 6) is -2.41. The highest BCUT2D eigenvalue weighted by Gasteiger charge is 2.42. The van der Waals surface area contributed by atoms with Gasteiger partial charge in [-0.3, -0.25) is 19.6 Å². The molecule has 2 rings (SSSR count). The van der Waals surface area contributed by atoms with Gasteiger partial charge >= 0.3 is 0 Å². The first-order valence-electron chi connectivity index (χ1n) is 9.43. The summed E-state index contributed by atoms with van der Waals surface area (Å²) < 4.78 is 0. The highest BCUT2D eigenvalue weighted by Crippen LogP contribution is 2.25. The molecule has 2 heterocycles. The van der Waals surface area contributed by atoms with Crippen molar-refractivity contribution < 1.29 is 24.7 Å². The molecular weight excluding hydrogens is 340 g/mol. The van der Waals surface area contributed by atoms with E-state index in [1.165, 1.54) is 10.4 Å². The average molecular weight is 370 g/mol. The summed E-state index contributed by atoms with van der Waals surface area (Å²) in [6, 6.07) is -0.533. The number of aliphatic hydroxyl groups is 1. The molecule has 0 aromatic heterocycles. The number of rotatable bonds is 7. The second-order valence-corrected chi connectivity index (χ2v) is 6.93. The largest absolute Gasteiger partial charge is 0.382 e. The zero-order valence-corrected chi connectivity index (χ0v) is 15.3. The molecule has 0 radical (unpaired) electrons. The van der Waals surface area contributed by atoms with Crippen molar-refractivity contribution in [2.45, 2.75) is 51.2 Å². The maximum atomic E-state index is 13.0. The highest BCUT2D eigenvalue weighted by molar-refractivity contribution is 5.92. The van der Waals surface area contributed by atoms with Gasteiger partial charge in [0.25, 0.3) is 5.91 Å². The summed E-state index contributed by atoms with van der Waals surface area (Å²) in [7, 11) is 0. The van der Waals surface area contributed by atoms with E-state index in [0.29, 0.717) is 38.9 Å². The second kappa shape index (κ2) is 9.84. The van der Waals surface area contributed by atoms with Gasteiger partial charge in [-0.2, -0.15) is 0 Å². The third-order valence-corrected chi connectivity index (χ3v) is 5.20. The van der Waals surface area contributed by atoms with Gasteiger partial charge in [0.1, 0.15) is 12.1 Å². The van der Waals surface area contributed by atoms with Crippen molar-refractivity contribution in [2.24, 2.45) is 5.92 Å². The average Bonchev–Trinajstić information content (AvgIpc) is 3.17. The Kier molecular flexibility index (Phi) is 7.80. The van der Waals surface area contributed by atoms with Crippen LogP contribution in [0, 0.1) is 5.92 Å². The normalized spacial score (nSPS) is 22.8. The molecule has 26 heavy (non-hydrogen) atoms. The summed E-state index contributed by atoms with van der Waals surface area (Å²) in [5.41, 5.74) is 1.41. The molecule has 2 aliphatic heterocycles. The summed E-state index contributed by atoms with van der Waals surface area (Å²) in [6.07, 6.45) is 1.48. The van der Waals surface area contributed by atoms with Crippen LogP contribution in [0.3, 0.4) is 0 Å². The Bertz CT molecular complexity index is 509. The number of carbonyl (C=O) groups excluding carboxylic acids is 3. The van der Waals surface area contributed by atoms with Crippen molar-refractivity contribution in [2.75, 3.05) is 32.7 Å². The van der Waals surface area contributed by atoms with E-state index in [-0.39, 0.29) is 11.8 Å². The van der Waals surface area contributed by atoms with Crippen LogP contribution < -0.4 is 10.8 Å². The molecule has 3 atom stereocenters. The fraction of sp³-hybridized carbons (Fsp3) is 0.824. The predicted octanol–water partition coefficient (Wildman–Crippen LogP) is -0.918. The monoisotopic (exact) mass is 370 g/mol. The van der Waals surface area contributed by atoms with Crippen molar-refractivity contribution in [1.29, 1.82) is 0 Å². The zero-order valence-electron chi connectivity index (χ0n) is 15.3. The third-order valence-electron chi connectivity index (χ3n) is 5.20. The second-order valence-electron chi connectivity index (χ2n) is 6.93. The minimum Gasteiger partial charge on any atom is -0.382 e. The van der Waals surface area contributed by atoms with Crippen LogP contribution >= 0.6 is 0 Å². The first-order valence-corrected chi connectivity index (χ1v) is 9.43. The Morgan fingerprint density at radius 2 is 1.92 bits per heavy atom. The van der Waals surface area contributed by atoms with E-state index in [9.17, 15) is 19.5 Å². The molecule has 3 amide bonds. The van der Waals surface area contributed by atoms with E-state index in [4.69, 9.17) is 5.21 Å². The number of aliphatic hydroxyl groups excluding tert-OH is 1. The smallest absolute Gasteiger partial charge is 0.272 e. The molecule has 0 aliphatic carbocycles. The Labute approximate surface area is 153 Å². The maximum Gasteiger partial charge on any atom is 0.272 e. The van der Waals surface area contributed by atoms with Crippen LogP contribution in [-0.4, -0.2) is 82.7 Å². The van der Waals surface area contributed by atoms with Crippen molar-refractivity contribution >= 4 is 17.7 Å². The van der Waals surface area contributed by atoms with E-state index in [0.717, 1.165) is 25.9 Å². The van der Waals surface area contributed by atoms with Gasteiger partial charge in [0.15, 0.2) is 0 Å². The molecule has 4 N–H and O–H groups in total. The molecule has 0 saturated carbocycles. The number of likely N-dealkylation sites (tertiary alicyclic amines) is 1. The SMILES string of the molecule is CCCCC(C(=O)N1CCC[C@H]1C(=O)N1CCNCC1)C(O)C(=O)NO. The van der Waals surface area contributed by atoms with Gasteiger partial charge in [0.05, 0.1) is 5.92 Å². The summed E-state index contributed by atoms with van der Waals surface area (Å²) in [4.78, 5) is 40.8. The molecule has 2 aliphatic rings. The van der Waals surface area contributed by atoms with E-state index in [1.807, 2.05) is 6.92 Å². The molecular formula is C17H30N4O5. The Hall–Kier alpha value is -1.71. The molecule has 9 nitrogen and oxygen atoms in total. The van der Waals surface area contributed by atoms with Crippen LogP contribution in [0.15, 0.2) is 0 Å². The number of carbonyl (C=O) groups is 3. The number of nitrogens with one attached hydrogen (secondary N) is 2. The van der Waals surface area contributed by atoms with Crippen LogP contribution in [0.4, 0.5) is 0 Å². The molecule has 2 unspecified atom stereocenters. The van der Waals surface area contributed by atoms with Gasteiger partial charge in [0, 0.05) is 32.7 Å². The number of unbranched alkanes of at least 4 members (excludes halogenated alkanes) is 1. The molecule has 0 aromatic carbocycles. The minimum absolute atomic E-state index is 0.0623. The molecule has 0 aromatic rings.